The Bertz CT molecular complexity index is 382. The van der Waals surface area contributed by atoms with Gasteiger partial charge < -0.3 is 5.32 Å². The van der Waals surface area contributed by atoms with Gasteiger partial charge in [-0.1, -0.05) is 11.6 Å². The summed E-state index contributed by atoms with van der Waals surface area (Å²) in [7, 11) is 0. The van der Waals surface area contributed by atoms with Gasteiger partial charge in [-0.2, -0.15) is 0 Å². The summed E-state index contributed by atoms with van der Waals surface area (Å²) in [5.74, 6) is -0.161. The van der Waals surface area contributed by atoms with Gasteiger partial charge in [-0.15, -0.1) is 0 Å². The topological polar surface area (TPSA) is 12.0 Å². The highest BCUT2D eigenvalue weighted by Crippen LogP contribution is 2.24. The van der Waals surface area contributed by atoms with Crippen molar-refractivity contribution in [2.75, 3.05) is 5.32 Å². The summed E-state index contributed by atoms with van der Waals surface area (Å²) in [6, 6.07) is 5.25. The Morgan fingerprint density at radius 3 is 3.00 bits per heavy atom. The molecule has 1 aromatic carbocycles. The van der Waals surface area contributed by atoms with E-state index in [9.17, 15) is 4.39 Å². The first-order valence-electron chi connectivity index (χ1n) is 4.88. The molecular weight excluding hydrogens is 177 g/mol. The maximum Gasteiger partial charge on any atom is 0.123 e. The van der Waals surface area contributed by atoms with Crippen LogP contribution in [0.4, 0.5) is 10.1 Å². The van der Waals surface area contributed by atoms with Crippen LogP contribution in [-0.2, 0) is 6.42 Å². The Morgan fingerprint density at radius 2 is 2.21 bits per heavy atom. The first-order chi connectivity index (χ1) is 6.66. The maximum absolute atomic E-state index is 13.0. The van der Waals surface area contributed by atoms with Gasteiger partial charge in [0.15, 0.2) is 0 Å². The van der Waals surface area contributed by atoms with Crippen LogP contribution in [-0.4, -0.2) is 6.04 Å². The number of hydrogen-bond donors (Lipinski definition) is 1. The van der Waals surface area contributed by atoms with E-state index in [2.05, 4.69) is 25.2 Å². The summed E-state index contributed by atoms with van der Waals surface area (Å²) in [6.07, 6.45) is 2.97. The van der Waals surface area contributed by atoms with Crippen molar-refractivity contribution in [2.24, 2.45) is 0 Å². The Balaban J connectivity index is 2.41. The van der Waals surface area contributed by atoms with Gasteiger partial charge in [0, 0.05) is 11.7 Å². The highest BCUT2D eigenvalue weighted by atomic mass is 19.1. The quantitative estimate of drug-likeness (QED) is 0.621. The molecule has 1 atom stereocenters. The number of fused-ring (bicyclic) bond motifs is 1. The van der Waals surface area contributed by atoms with E-state index in [0.29, 0.717) is 6.04 Å². The average Bonchev–Trinajstić information content (AvgIpc) is 2.29. The van der Waals surface area contributed by atoms with Crippen LogP contribution in [0.25, 0.3) is 0 Å². The molecule has 74 valence electrons. The van der Waals surface area contributed by atoms with Gasteiger partial charge in [0.25, 0.3) is 0 Å². The second-order valence-corrected chi connectivity index (χ2v) is 3.82. The molecule has 0 bridgehead atoms. The minimum Gasteiger partial charge on any atom is -0.379 e. The van der Waals surface area contributed by atoms with Crippen molar-refractivity contribution in [2.45, 2.75) is 26.3 Å². The highest BCUT2D eigenvalue weighted by Gasteiger charge is 2.12. The van der Waals surface area contributed by atoms with Crippen molar-refractivity contribution in [1.82, 2.24) is 0 Å². The number of nitrogens with one attached hydrogen (secondary N) is 1. The molecule has 1 nitrogen and oxygen atoms in total. The lowest BCUT2D eigenvalue weighted by atomic mass is 10.1. The lowest BCUT2D eigenvalue weighted by Crippen LogP contribution is -2.15. The highest BCUT2D eigenvalue weighted by molar-refractivity contribution is 5.55. The number of hydrogen-bond acceptors (Lipinski definition) is 1. The molecule has 1 aromatic rings. The van der Waals surface area contributed by atoms with Crippen LogP contribution in [0.1, 0.15) is 19.4 Å². The molecule has 0 spiro atoms. The second-order valence-electron chi connectivity index (χ2n) is 3.82. The third kappa shape index (κ3) is 1.65. The normalized spacial score (nSPS) is 20.5. The third-order valence-electron chi connectivity index (χ3n) is 2.77. The first kappa shape index (κ1) is 9.25. The molecule has 0 aromatic heterocycles. The maximum atomic E-state index is 13.0. The van der Waals surface area contributed by atoms with Crippen LogP contribution in [0.2, 0.25) is 0 Å². The molecule has 2 heteroatoms. The largest absolute Gasteiger partial charge is 0.379 e. The van der Waals surface area contributed by atoms with Crippen molar-refractivity contribution < 1.29 is 4.39 Å². The Hall–Kier alpha value is -1.31. The first-order valence-corrected chi connectivity index (χ1v) is 4.88. The van der Waals surface area contributed by atoms with Crippen molar-refractivity contribution >= 4 is 5.69 Å². The van der Waals surface area contributed by atoms with Gasteiger partial charge in [-0.25, -0.2) is 4.39 Å². The van der Waals surface area contributed by atoms with Crippen molar-refractivity contribution in [3.05, 3.63) is 41.2 Å². The monoisotopic (exact) mass is 191 g/mol. The van der Waals surface area contributed by atoms with Gasteiger partial charge in [0.1, 0.15) is 5.82 Å². The molecule has 1 unspecified atom stereocenters. The minimum absolute atomic E-state index is 0.161. The van der Waals surface area contributed by atoms with E-state index in [4.69, 9.17) is 0 Å². The molecule has 0 fully saturated rings. The predicted octanol–water partition coefficient (Wildman–Crippen LogP) is 3.13. The molecule has 1 aliphatic rings. The summed E-state index contributed by atoms with van der Waals surface area (Å²) in [6.45, 7) is 4.21. The SMILES string of the molecule is CC1=CCc2cc(F)ccc2NC1C. The van der Waals surface area contributed by atoms with E-state index in [1.807, 2.05) is 6.07 Å². The number of halogens is 1. The summed E-state index contributed by atoms with van der Waals surface area (Å²) >= 11 is 0. The van der Waals surface area contributed by atoms with E-state index in [1.165, 1.54) is 11.6 Å². The fourth-order valence-electron chi connectivity index (χ4n) is 1.67. The van der Waals surface area contributed by atoms with Gasteiger partial charge in [0.2, 0.25) is 0 Å². The van der Waals surface area contributed by atoms with Crippen molar-refractivity contribution in [3.8, 4) is 0 Å². The second kappa shape index (κ2) is 3.45. The standard InChI is InChI=1S/C12H14FN/c1-8-3-4-10-7-11(13)5-6-12(10)14-9(8)2/h3,5-7,9,14H,4H2,1-2H3. The summed E-state index contributed by atoms with van der Waals surface area (Å²) in [5, 5.41) is 3.36. The zero-order chi connectivity index (χ0) is 10.1. The number of rotatable bonds is 0. The molecule has 0 saturated heterocycles. The van der Waals surface area contributed by atoms with Gasteiger partial charge in [0.05, 0.1) is 0 Å². The van der Waals surface area contributed by atoms with Gasteiger partial charge >= 0.3 is 0 Å². The van der Waals surface area contributed by atoms with E-state index in [0.717, 1.165) is 17.7 Å². The lowest BCUT2D eigenvalue weighted by Gasteiger charge is -2.14. The molecular formula is C12H14FN. The molecule has 0 radical (unpaired) electrons. The fraction of sp³-hybridized carbons (Fsp3) is 0.333. The molecule has 1 aliphatic heterocycles. The third-order valence-corrected chi connectivity index (χ3v) is 2.77. The summed E-state index contributed by atoms with van der Waals surface area (Å²) < 4.78 is 13.0. The van der Waals surface area contributed by atoms with Crippen molar-refractivity contribution in [1.29, 1.82) is 0 Å². The fourth-order valence-corrected chi connectivity index (χ4v) is 1.67. The molecule has 1 heterocycles. The van der Waals surface area contributed by atoms with Crippen molar-refractivity contribution in [3.63, 3.8) is 0 Å². The lowest BCUT2D eigenvalue weighted by molar-refractivity contribution is 0.626. The Labute approximate surface area is 83.6 Å². The van der Waals surface area contributed by atoms with E-state index in [1.54, 1.807) is 6.07 Å². The van der Waals surface area contributed by atoms with Gasteiger partial charge in [-0.3, -0.25) is 0 Å². The van der Waals surface area contributed by atoms with Crippen LogP contribution < -0.4 is 5.32 Å². The van der Waals surface area contributed by atoms with E-state index < -0.39 is 0 Å². The molecule has 14 heavy (non-hydrogen) atoms. The molecule has 1 N–H and O–H groups in total. The van der Waals surface area contributed by atoms with Crippen LogP contribution in [0.15, 0.2) is 29.8 Å². The van der Waals surface area contributed by atoms with E-state index in [-0.39, 0.29) is 5.82 Å². The van der Waals surface area contributed by atoms with Crippen LogP contribution in [0, 0.1) is 5.82 Å². The molecule has 2 rings (SSSR count). The Morgan fingerprint density at radius 1 is 1.43 bits per heavy atom. The van der Waals surface area contributed by atoms with Crippen LogP contribution >= 0.6 is 0 Å². The smallest absolute Gasteiger partial charge is 0.123 e. The minimum atomic E-state index is -0.161. The summed E-state index contributed by atoms with van der Waals surface area (Å²) in [5.41, 5.74) is 3.39. The zero-order valence-corrected chi connectivity index (χ0v) is 8.47. The predicted molar refractivity (Wildman–Crippen MR) is 56.9 cm³/mol. The molecule has 0 amide bonds. The number of benzene rings is 1. The van der Waals surface area contributed by atoms with Crippen LogP contribution in [0.5, 0.6) is 0 Å². The molecule has 0 aliphatic carbocycles. The summed E-state index contributed by atoms with van der Waals surface area (Å²) in [4.78, 5) is 0. The van der Waals surface area contributed by atoms with Crippen LogP contribution in [0.3, 0.4) is 0 Å². The van der Waals surface area contributed by atoms with Gasteiger partial charge in [-0.05, 0) is 44.0 Å². The average molecular weight is 191 g/mol. The molecule has 0 saturated carbocycles. The number of anilines is 1. The Kier molecular flexibility index (Phi) is 2.28. The van der Waals surface area contributed by atoms with E-state index >= 15 is 0 Å². The zero-order valence-electron chi connectivity index (χ0n) is 8.47. The number of allylic oxidation sites excluding steroid dienone is 1.